The molecule has 1 N–H and O–H groups in total. The van der Waals surface area contributed by atoms with E-state index in [1.807, 2.05) is 17.1 Å². The van der Waals surface area contributed by atoms with E-state index in [-0.39, 0.29) is 24.4 Å². The van der Waals surface area contributed by atoms with Gasteiger partial charge in [-0.1, -0.05) is 29.5 Å². The van der Waals surface area contributed by atoms with Gasteiger partial charge in [0.15, 0.2) is 0 Å². The van der Waals surface area contributed by atoms with E-state index in [4.69, 9.17) is 5.11 Å². The van der Waals surface area contributed by atoms with E-state index in [1.165, 1.54) is 12.1 Å². The van der Waals surface area contributed by atoms with E-state index >= 15 is 0 Å². The maximum Gasteiger partial charge on any atom is 0.226 e. The topological polar surface area (TPSA) is 71.2 Å². The van der Waals surface area contributed by atoms with E-state index in [1.54, 1.807) is 23.0 Å². The van der Waals surface area contributed by atoms with Crippen molar-refractivity contribution in [3.63, 3.8) is 0 Å². The zero-order valence-corrected chi connectivity index (χ0v) is 13.9. The Hall–Kier alpha value is -2.54. The summed E-state index contributed by atoms with van der Waals surface area (Å²) in [5.74, 6) is -0.200. The highest BCUT2D eigenvalue weighted by molar-refractivity contribution is 5.79. The first-order valence-electron chi connectivity index (χ1n) is 8.37. The lowest BCUT2D eigenvalue weighted by Crippen LogP contribution is -2.37. The maximum absolute atomic E-state index is 12.9. The largest absolute Gasteiger partial charge is 0.390 e. The zero-order valence-electron chi connectivity index (χ0n) is 13.9. The van der Waals surface area contributed by atoms with Gasteiger partial charge in [0.25, 0.3) is 0 Å². The maximum atomic E-state index is 12.9. The van der Waals surface area contributed by atoms with Crippen LogP contribution >= 0.6 is 0 Å². The molecule has 1 atom stereocenters. The SMILES string of the molecule is O=C(C/C=C/c1ccc(F)cc1)N1CCC[C@H]1Cn1cc(CO)nn1. The number of benzene rings is 1. The minimum Gasteiger partial charge on any atom is -0.390 e. The van der Waals surface area contributed by atoms with Crippen molar-refractivity contribution in [2.75, 3.05) is 6.54 Å². The third kappa shape index (κ3) is 4.51. The van der Waals surface area contributed by atoms with Gasteiger partial charge in [0.05, 0.1) is 25.4 Å². The molecular formula is C18H21FN4O2. The van der Waals surface area contributed by atoms with E-state index in [0.29, 0.717) is 18.7 Å². The van der Waals surface area contributed by atoms with Gasteiger partial charge in [-0.05, 0) is 30.5 Å². The fourth-order valence-corrected chi connectivity index (χ4v) is 3.06. The third-order valence-electron chi connectivity index (χ3n) is 4.32. The number of hydrogen-bond donors (Lipinski definition) is 1. The molecule has 1 aliphatic rings. The Kier molecular flexibility index (Phi) is 5.55. The van der Waals surface area contributed by atoms with Crippen LogP contribution in [0, 0.1) is 5.82 Å². The first kappa shape index (κ1) is 17.3. The number of aliphatic hydroxyl groups is 1. The van der Waals surface area contributed by atoms with Crippen LogP contribution in [-0.4, -0.2) is 43.5 Å². The summed E-state index contributed by atoms with van der Waals surface area (Å²) < 4.78 is 14.6. The summed E-state index contributed by atoms with van der Waals surface area (Å²) in [5, 5.41) is 16.9. The number of likely N-dealkylation sites (tertiary alicyclic amines) is 1. The molecule has 1 aromatic heterocycles. The molecular weight excluding hydrogens is 323 g/mol. The predicted molar refractivity (Wildman–Crippen MR) is 90.7 cm³/mol. The Bertz CT molecular complexity index is 742. The molecule has 2 aromatic rings. The summed E-state index contributed by atoms with van der Waals surface area (Å²) in [5.41, 5.74) is 1.39. The molecule has 7 heteroatoms. The lowest BCUT2D eigenvalue weighted by atomic mass is 10.2. The van der Waals surface area contributed by atoms with Gasteiger partial charge in [0, 0.05) is 13.0 Å². The fourth-order valence-electron chi connectivity index (χ4n) is 3.06. The highest BCUT2D eigenvalue weighted by Gasteiger charge is 2.28. The molecule has 1 aromatic carbocycles. The molecule has 2 heterocycles. The van der Waals surface area contributed by atoms with Crippen molar-refractivity contribution in [3.05, 3.63) is 53.6 Å². The second-order valence-corrected chi connectivity index (χ2v) is 6.13. The summed E-state index contributed by atoms with van der Waals surface area (Å²) in [6.45, 7) is 1.19. The van der Waals surface area contributed by atoms with Crippen LogP contribution < -0.4 is 0 Å². The molecule has 1 amide bonds. The summed E-state index contributed by atoms with van der Waals surface area (Å²) in [7, 11) is 0. The van der Waals surface area contributed by atoms with Crippen LogP contribution in [0.4, 0.5) is 4.39 Å². The molecule has 25 heavy (non-hydrogen) atoms. The average molecular weight is 344 g/mol. The Labute approximate surface area is 145 Å². The Morgan fingerprint density at radius 3 is 2.88 bits per heavy atom. The number of aromatic nitrogens is 3. The van der Waals surface area contributed by atoms with Gasteiger partial charge in [0.2, 0.25) is 5.91 Å². The number of carbonyl (C=O) groups excluding carboxylic acids is 1. The van der Waals surface area contributed by atoms with Crippen molar-refractivity contribution in [1.29, 1.82) is 0 Å². The molecule has 0 bridgehead atoms. The van der Waals surface area contributed by atoms with Gasteiger partial charge in [-0.3, -0.25) is 9.48 Å². The fraction of sp³-hybridized carbons (Fsp3) is 0.389. The first-order chi connectivity index (χ1) is 12.2. The molecule has 0 spiro atoms. The molecule has 3 rings (SSSR count). The average Bonchev–Trinajstić information content (AvgIpc) is 3.26. The van der Waals surface area contributed by atoms with Gasteiger partial charge < -0.3 is 10.0 Å². The second kappa shape index (κ2) is 8.02. The van der Waals surface area contributed by atoms with E-state index in [0.717, 1.165) is 24.9 Å². The van der Waals surface area contributed by atoms with Gasteiger partial charge in [0.1, 0.15) is 11.5 Å². The first-order valence-corrected chi connectivity index (χ1v) is 8.37. The van der Waals surface area contributed by atoms with E-state index in [9.17, 15) is 9.18 Å². The van der Waals surface area contributed by atoms with Gasteiger partial charge in [-0.15, -0.1) is 5.10 Å². The molecule has 0 unspecified atom stereocenters. The van der Waals surface area contributed by atoms with Gasteiger partial charge in [-0.25, -0.2) is 4.39 Å². The standard InChI is InChI=1S/C18H21FN4O2/c19-15-8-6-14(7-9-15)3-1-5-18(25)23-10-2-4-17(23)12-22-11-16(13-24)20-21-22/h1,3,6-9,11,17,24H,2,4-5,10,12-13H2/b3-1+/t17-/m0/s1. The zero-order chi connectivity index (χ0) is 17.6. The van der Waals surface area contributed by atoms with Crippen LogP contribution in [0.2, 0.25) is 0 Å². The van der Waals surface area contributed by atoms with Crippen LogP contribution in [0.1, 0.15) is 30.5 Å². The Morgan fingerprint density at radius 1 is 1.36 bits per heavy atom. The minimum absolute atomic E-state index is 0.0726. The molecule has 1 aliphatic heterocycles. The van der Waals surface area contributed by atoms with Crippen molar-refractivity contribution in [3.8, 4) is 0 Å². The van der Waals surface area contributed by atoms with Crippen molar-refractivity contribution in [2.24, 2.45) is 0 Å². The van der Waals surface area contributed by atoms with Crippen molar-refractivity contribution in [1.82, 2.24) is 19.9 Å². The number of hydrogen-bond acceptors (Lipinski definition) is 4. The lowest BCUT2D eigenvalue weighted by Gasteiger charge is -2.24. The predicted octanol–water partition coefficient (Wildman–Crippen LogP) is 2.00. The number of nitrogens with zero attached hydrogens (tertiary/aromatic N) is 4. The highest BCUT2D eigenvalue weighted by atomic mass is 19.1. The van der Waals surface area contributed by atoms with Crippen molar-refractivity contribution in [2.45, 2.75) is 38.5 Å². The summed E-state index contributed by atoms with van der Waals surface area (Å²) in [6, 6.07) is 6.25. The van der Waals surface area contributed by atoms with Gasteiger partial charge >= 0.3 is 0 Å². The normalized spacial score (nSPS) is 17.5. The molecule has 6 nitrogen and oxygen atoms in total. The Balaban J connectivity index is 1.55. The third-order valence-corrected chi connectivity index (χ3v) is 4.32. The molecule has 1 fully saturated rings. The lowest BCUT2D eigenvalue weighted by molar-refractivity contribution is -0.131. The highest BCUT2D eigenvalue weighted by Crippen LogP contribution is 2.20. The van der Waals surface area contributed by atoms with Crippen LogP contribution in [0.3, 0.4) is 0 Å². The second-order valence-electron chi connectivity index (χ2n) is 6.13. The van der Waals surface area contributed by atoms with Crippen LogP contribution in [-0.2, 0) is 17.9 Å². The number of carbonyl (C=O) groups is 1. The Morgan fingerprint density at radius 2 is 2.16 bits per heavy atom. The molecule has 0 radical (unpaired) electrons. The van der Waals surface area contributed by atoms with Crippen molar-refractivity contribution >= 4 is 12.0 Å². The number of amides is 1. The number of aliphatic hydroxyl groups excluding tert-OH is 1. The molecule has 0 saturated carbocycles. The summed E-state index contributed by atoms with van der Waals surface area (Å²) in [4.78, 5) is 14.4. The summed E-state index contributed by atoms with van der Waals surface area (Å²) in [6.07, 6.45) is 7.56. The number of rotatable bonds is 6. The smallest absolute Gasteiger partial charge is 0.226 e. The minimum atomic E-state index is -0.273. The van der Waals surface area contributed by atoms with Crippen LogP contribution in [0.15, 0.2) is 36.5 Å². The van der Waals surface area contributed by atoms with E-state index < -0.39 is 0 Å². The quantitative estimate of drug-likeness (QED) is 0.870. The van der Waals surface area contributed by atoms with Gasteiger partial charge in [-0.2, -0.15) is 0 Å². The van der Waals surface area contributed by atoms with Crippen molar-refractivity contribution < 1.29 is 14.3 Å². The van der Waals surface area contributed by atoms with E-state index in [2.05, 4.69) is 10.3 Å². The number of halogens is 1. The monoisotopic (exact) mass is 344 g/mol. The summed E-state index contributed by atoms with van der Waals surface area (Å²) >= 11 is 0. The molecule has 1 saturated heterocycles. The molecule has 0 aliphatic carbocycles. The van der Waals surface area contributed by atoms with Crippen LogP contribution in [0.25, 0.3) is 6.08 Å². The molecule has 132 valence electrons. The van der Waals surface area contributed by atoms with Crippen LogP contribution in [0.5, 0.6) is 0 Å².